The van der Waals surface area contributed by atoms with Crippen molar-refractivity contribution in [3.05, 3.63) is 29.8 Å². The summed E-state index contributed by atoms with van der Waals surface area (Å²) >= 11 is 0. The van der Waals surface area contributed by atoms with E-state index in [1.165, 1.54) is 12.1 Å². The second kappa shape index (κ2) is 14.8. The first kappa shape index (κ1) is 31.4. The Labute approximate surface area is 216 Å². The highest BCUT2D eigenvalue weighted by molar-refractivity contribution is 5.94. The third-order valence-corrected chi connectivity index (χ3v) is 5.86. The highest BCUT2D eigenvalue weighted by atomic mass is 16.4. The van der Waals surface area contributed by atoms with Gasteiger partial charge in [-0.15, -0.1) is 0 Å². The van der Waals surface area contributed by atoms with E-state index in [9.17, 15) is 34.2 Å². The van der Waals surface area contributed by atoms with E-state index in [2.05, 4.69) is 16.0 Å². The molecule has 0 spiro atoms. The molecule has 0 heterocycles. The van der Waals surface area contributed by atoms with Crippen LogP contribution < -0.4 is 21.7 Å². The molecule has 0 aromatic heterocycles. The Hall–Kier alpha value is -3.67. The van der Waals surface area contributed by atoms with Gasteiger partial charge in [0.25, 0.3) is 0 Å². The van der Waals surface area contributed by atoms with Gasteiger partial charge in [-0.3, -0.25) is 19.2 Å². The first-order valence-corrected chi connectivity index (χ1v) is 12.1. The molecule has 5 unspecified atom stereocenters. The molecule has 1 aromatic carbocycles. The molecular weight excluding hydrogens is 484 g/mol. The van der Waals surface area contributed by atoms with E-state index in [0.717, 1.165) is 0 Å². The predicted molar refractivity (Wildman–Crippen MR) is 134 cm³/mol. The number of nitrogens with two attached hydrogens (primary N) is 1. The van der Waals surface area contributed by atoms with Crippen LogP contribution >= 0.6 is 0 Å². The molecule has 0 aliphatic carbocycles. The fourth-order valence-electron chi connectivity index (χ4n) is 3.55. The lowest BCUT2D eigenvalue weighted by atomic mass is 9.97. The maximum atomic E-state index is 13.2. The van der Waals surface area contributed by atoms with Crippen LogP contribution in [0.5, 0.6) is 5.75 Å². The molecular formula is C25H38N4O8. The van der Waals surface area contributed by atoms with Crippen LogP contribution in [0, 0.1) is 11.8 Å². The maximum absolute atomic E-state index is 13.2. The van der Waals surface area contributed by atoms with Crippen molar-refractivity contribution in [1.29, 1.82) is 0 Å². The van der Waals surface area contributed by atoms with Gasteiger partial charge in [0, 0.05) is 6.42 Å². The molecule has 0 bridgehead atoms. The lowest BCUT2D eigenvalue weighted by Gasteiger charge is -2.27. The van der Waals surface area contributed by atoms with Crippen LogP contribution in [0.3, 0.4) is 0 Å². The van der Waals surface area contributed by atoms with E-state index in [4.69, 9.17) is 10.8 Å². The molecule has 0 aliphatic heterocycles. The van der Waals surface area contributed by atoms with Gasteiger partial charge in [0.05, 0.1) is 12.5 Å². The molecule has 5 atom stereocenters. The van der Waals surface area contributed by atoms with Gasteiger partial charge in [-0.05, 0) is 36.0 Å². The smallest absolute Gasteiger partial charge is 0.326 e. The van der Waals surface area contributed by atoms with Gasteiger partial charge in [-0.2, -0.15) is 0 Å². The van der Waals surface area contributed by atoms with Crippen molar-refractivity contribution in [2.75, 3.05) is 0 Å². The molecule has 1 rings (SSSR count). The van der Waals surface area contributed by atoms with Gasteiger partial charge < -0.3 is 37.0 Å². The Morgan fingerprint density at radius 2 is 1.41 bits per heavy atom. The van der Waals surface area contributed by atoms with E-state index < -0.39 is 60.2 Å². The van der Waals surface area contributed by atoms with E-state index in [1.54, 1.807) is 26.0 Å². The Balaban J connectivity index is 3.19. The van der Waals surface area contributed by atoms with E-state index >= 15 is 0 Å². The van der Waals surface area contributed by atoms with Gasteiger partial charge in [0.1, 0.15) is 23.9 Å². The fraction of sp³-hybridized carbons (Fsp3) is 0.560. The second-order valence-electron chi connectivity index (χ2n) is 9.54. The zero-order valence-electron chi connectivity index (χ0n) is 21.6. The Kier molecular flexibility index (Phi) is 12.5. The second-order valence-corrected chi connectivity index (χ2v) is 9.54. The van der Waals surface area contributed by atoms with Crippen molar-refractivity contribution in [2.45, 2.75) is 77.5 Å². The SMILES string of the molecule is CCC(C)C(NC(=O)C(Cc1ccc(O)cc1)NC(=O)C(CC(C)C)NC(=O)C(N)CC(=O)O)C(=O)O. The first-order valence-electron chi connectivity index (χ1n) is 12.1. The average Bonchev–Trinajstić information content (AvgIpc) is 2.81. The summed E-state index contributed by atoms with van der Waals surface area (Å²) in [5, 5.41) is 35.6. The number of carbonyl (C=O) groups excluding carboxylic acids is 3. The quantitative estimate of drug-likeness (QED) is 0.169. The number of aliphatic carboxylic acids is 2. The van der Waals surface area contributed by atoms with Gasteiger partial charge in [-0.1, -0.05) is 46.2 Å². The van der Waals surface area contributed by atoms with Crippen molar-refractivity contribution >= 4 is 29.7 Å². The summed E-state index contributed by atoms with van der Waals surface area (Å²) in [5.41, 5.74) is 6.21. The first-order chi connectivity index (χ1) is 17.2. The third kappa shape index (κ3) is 10.9. The number of phenolic OH excluding ortho intramolecular Hbond substituents is 1. The molecule has 8 N–H and O–H groups in total. The van der Waals surface area contributed by atoms with Gasteiger partial charge in [0.15, 0.2) is 0 Å². The van der Waals surface area contributed by atoms with Gasteiger partial charge >= 0.3 is 11.9 Å². The highest BCUT2D eigenvalue weighted by Gasteiger charge is 2.32. The fourth-order valence-corrected chi connectivity index (χ4v) is 3.55. The molecule has 0 saturated heterocycles. The largest absolute Gasteiger partial charge is 0.508 e. The number of carboxylic acid groups (broad SMARTS) is 2. The van der Waals surface area contributed by atoms with Crippen LogP contribution in [0.15, 0.2) is 24.3 Å². The van der Waals surface area contributed by atoms with Crippen molar-refractivity contribution < 1.29 is 39.3 Å². The summed E-state index contributed by atoms with van der Waals surface area (Å²) in [6.07, 6.45) is 0.0202. The van der Waals surface area contributed by atoms with E-state index in [-0.39, 0.29) is 30.4 Å². The summed E-state index contributed by atoms with van der Waals surface area (Å²) in [7, 11) is 0. The van der Waals surface area contributed by atoms with Crippen LogP contribution in [0.4, 0.5) is 0 Å². The van der Waals surface area contributed by atoms with Crippen molar-refractivity contribution in [1.82, 2.24) is 16.0 Å². The van der Waals surface area contributed by atoms with E-state index in [0.29, 0.717) is 12.0 Å². The summed E-state index contributed by atoms with van der Waals surface area (Å²) in [5.74, 6) is -5.18. The monoisotopic (exact) mass is 522 g/mol. The third-order valence-electron chi connectivity index (χ3n) is 5.86. The normalized spacial score (nSPS) is 15.1. The molecule has 206 valence electrons. The van der Waals surface area contributed by atoms with Crippen LogP contribution in [-0.4, -0.2) is 69.1 Å². The number of benzene rings is 1. The number of carboxylic acids is 2. The predicted octanol–water partition coefficient (Wildman–Crippen LogP) is 0.368. The Bertz CT molecular complexity index is 951. The van der Waals surface area contributed by atoms with Crippen LogP contribution in [0.2, 0.25) is 0 Å². The molecule has 12 heteroatoms. The topological polar surface area (TPSA) is 208 Å². The number of aromatic hydroxyl groups is 1. The van der Waals surface area contributed by atoms with Crippen LogP contribution in [0.25, 0.3) is 0 Å². The summed E-state index contributed by atoms with van der Waals surface area (Å²) < 4.78 is 0. The molecule has 0 saturated carbocycles. The zero-order valence-corrected chi connectivity index (χ0v) is 21.6. The number of carbonyl (C=O) groups is 5. The number of rotatable bonds is 15. The zero-order chi connectivity index (χ0) is 28.3. The molecule has 12 nitrogen and oxygen atoms in total. The lowest BCUT2D eigenvalue weighted by Crippen LogP contribution is -2.58. The minimum absolute atomic E-state index is 0.00825. The van der Waals surface area contributed by atoms with Crippen molar-refractivity contribution in [2.24, 2.45) is 17.6 Å². The number of nitrogens with one attached hydrogen (secondary N) is 3. The van der Waals surface area contributed by atoms with Crippen molar-refractivity contribution in [3.63, 3.8) is 0 Å². The summed E-state index contributed by atoms with van der Waals surface area (Å²) in [4.78, 5) is 61.4. The number of hydrogen-bond donors (Lipinski definition) is 7. The van der Waals surface area contributed by atoms with E-state index in [1.807, 2.05) is 13.8 Å². The number of hydrogen-bond acceptors (Lipinski definition) is 7. The molecule has 0 radical (unpaired) electrons. The standard InChI is InChI=1S/C25H38N4O8/c1-5-14(4)21(25(36)37)29-24(35)19(11-15-6-8-16(30)9-7-15)28-23(34)18(10-13(2)3)27-22(33)17(26)12-20(31)32/h6-9,13-14,17-19,21,30H,5,10-12,26H2,1-4H3,(H,27,33)(H,28,34)(H,29,35)(H,31,32)(H,36,37). The summed E-state index contributed by atoms with van der Waals surface area (Å²) in [6, 6.07) is 1.06. The number of amides is 3. The van der Waals surface area contributed by atoms with Crippen LogP contribution in [0.1, 0.15) is 52.5 Å². The minimum atomic E-state index is -1.37. The Morgan fingerprint density at radius 1 is 0.865 bits per heavy atom. The lowest BCUT2D eigenvalue weighted by molar-refractivity contribution is -0.143. The van der Waals surface area contributed by atoms with Crippen LogP contribution in [-0.2, 0) is 30.4 Å². The average molecular weight is 523 g/mol. The van der Waals surface area contributed by atoms with Gasteiger partial charge in [-0.25, -0.2) is 4.79 Å². The highest BCUT2D eigenvalue weighted by Crippen LogP contribution is 2.14. The molecule has 37 heavy (non-hydrogen) atoms. The summed E-state index contributed by atoms with van der Waals surface area (Å²) in [6.45, 7) is 7.10. The Morgan fingerprint density at radius 3 is 1.89 bits per heavy atom. The van der Waals surface area contributed by atoms with Crippen molar-refractivity contribution in [3.8, 4) is 5.75 Å². The van der Waals surface area contributed by atoms with Gasteiger partial charge in [0.2, 0.25) is 17.7 Å². The molecule has 1 aromatic rings. The number of phenols is 1. The molecule has 3 amide bonds. The maximum Gasteiger partial charge on any atom is 0.326 e. The molecule has 0 fully saturated rings. The minimum Gasteiger partial charge on any atom is -0.508 e. The molecule has 0 aliphatic rings.